The van der Waals surface area contributed by atoms with E-state index in [2.05, 4.69) is 24.4 Å². The summed E-state index contributed by atoms with van der Waals surface area (Å²) in [7, 11) is 1.73. The third-order valence-electron chi connectivity index (χ3n) is 3.87. The van der Waals surface area contributed by atoms with Crippen molar-refractivity contribution in [2.45, 2.75) is 25.2 Å². The van der Waals surface area contributed by atoms with Crippen molar-refractivity contribution >= 4 is 11.6 Å². The molecule has 1 aliphatic carbocycles. The fraction of sp³-hybridized carbons (Fsp3) is 0.600. The second-order valence-electron chi connectivity index (χ2n) is 5.44. The monoisotopic (exact) mass is 267 g/mol. The molecule has 0 heterocycles. The number of ether oxygens (including phenoxy) is 1. The minimum Gasteiger partial charge on any atom is -0.383 e. The van der Waals surface area contributed by atoms with Crippen molar-refractivity contribution in [3.05, 3.63) is 34.9 Å². The van der Waals surface area contributed by atoms with Crippen molar-refractivity contribution in [1.29, 1.82) is 0 Å². The van der Waals surface area contributed by atoms with Crippen molar-refractivity contribution in [2.75, 3.05) is 26.8 Å². The Hall–Kier alpha value is -0.570. The Kier molecular flexibility index (Phi) is 4.66. The molecule has 1 N–H and O–H groups in total. The molecule has 18 heavy (non-hydrogen) atoms. The molecule has 0 aromatic heterocycles. The predicted octanol–water partition coefficient (Wildman–Crippen LogP) is 3.24. The zero-order valence-corrected chi connectivity index (χ0v) is 12.0. The Balaban J connectivity index is 2.06. The van der Waals surface area contributed by atoms with Gasteiger partial charge in [0.25, 0.3) is 0 Å². The molecule has 0 spiro atoms. The fourth-order valence-electron chi connectivity index (χ4n) is 3.13. The number of rotatable bonds is 6. The fourth-order valence-corrected chi connectivity index (χ4v) is 3.46. The Morgan fingerprint density at radius 3 is 2.72 bits per heavy atom. The molecule has 1 aliphatic rings. The minimum absolute atomic E-state index is 0.228. The number of nitrogens with one attached hydrogen (secondary N) is 1. The average Bonchev–Trinajstić information content (AvgIpc) is 2.32. The van der Waals surface area contributed by atoms with E-state index in [0.29, 0.717) is 0 Å². The summed E-state index contributed by atoms with van der Waals surface area (Å²) < 4.78 is 5.07. The van der Waals surface area contributed by atoms with E-state index in [1.165, 1.54) is 18.4 Å². The number of hydrogen-bond donors (Lipinski definition) is 1. The molecule has 1 aromatic rings. The van der Waals surface area contributed by atoms with Gasteiger partial charge in [-0.2, -0.15) is 0 Å². The second kappa shape index (κ2) is 6.05. The minimum atomic E-state index is 0.228. The first kappa shape index (κ1) is 13.9. The van der Waals surface area contributed by atoms with Crippen LogP contribution >= 0.6 is 11.6 Å². The third kappa shape index (κ3) is 2.87. The van der Waals surface area contributed by atoms with Gasteiger partial charge in [0.05, 0.1) is 6.61 Å². The summed E-state index contributed by atoms with van der Waals surface area (Å²) in [6.45, 7) is 4.96. The van der Waals surface area contributed by atoms with Crippen molar-refractivity contribution in [1.82, 2.24) is 5.32 Å². The van der Waals surface area contributed by atoms with Gasteiger partial charge in [-0.15, -0.1) is 0 Å². The number of hydrogen-bond acceptors (Lipinski definition) is 2. The predicted molar refractivity (Wildman–Crippen MR) is 76.3 cm³/mol. The molecule has 0 atom stereocenters. The summed E-state index contributed by atoms with van der Waals surface area (Å²) in [5, 5.41) is 4.39. The first-order chi connectivity index (χ1) is 8.68. The zero-order valence-electron chi connectivity index (χ0n) is 11.2. The molecule has 0 radical (unpaired) electrons. The van der Waals surface area contributed by atoms with E-state index in [4.69, 9.17) is 16.3 Å². The van der Waals surface area contributed by atoms with Crippen molar-refractivity contribution < 1.29 is 4.74 Å². The highest BCUT2D eigenvalue weighted by Gasteiger charge is 2.43. The van der Waals surface area contributed by atoms with Gasteiger partial charge in [-0.1, -0.05) is 36.7 Å². The Labute approximate surface area is 115 Å². The molecule has 2 nitrogen and oxygen atoms in total. The number of halogens is 1. The molecular formula is C15H22ClNO. The largest absolute Gasteiger partial charge is 0.383 e. The van der Waals surface area contributed by atoms with Crippen LogP contribution in [0.3, 0.4) is 0 Å². The van der Waals surface area contributed by atoms with Crippen LogP contribution in [0.2, 0.25) is 5.02 Å². The summed E-state index contributed by atoms with van der Waals surface area (Å²) in [5.74, 6) is 0.797. The van der Waals surface area contributed by atoms with Gasteiger partial charge in [-0.05, 0) is 30.4 Å². The van der Waals surface area contributed by atoms with Crippen LogP contribution in [0.1, 0.15) is 25.3 Å². The van der Waals surface area contributed by atoms with Crippen LogP contribution in [-0.4, -0.2) is 26.8 Å². The summed E-state index contributed by atoms with van der Waals surface area (Å²) >= 11 is 6.36. The van der Waals surface area contributed by atoms with E-state index in [9.17, 15) is 0 Å². The zero-order chi connectivity index (χ0) is 13.0. The normalized spacial score (nSPS) is 26.9. The van der Waals surface area contributed by atoms with Gasteiger partial charge in [-0.25, -0.2) is 0 Å². The Morgan fingerprint density at radius 2 is 2.11 bits per heavy atom. The lowest BCUT2D eigenvalue weighted by molar-refractivity contribution is 0.144. The maximum atomic E-state index is 6.36. The number of methoxy groups -OCH3 is 1. The van der Waals surface area contributed by atoms with Crippen LogP contribution in [-0.2, 0) is 10.2 Å². The van der Waals surface area contributed by atoms with Crippen LogP contribution in [0.5, 0.6) is 0 Å². The lowest BCUT2D eigenvalue weighted by Gasteiger charge is -2.47. The topological polar surface area (TPSA) is 21.3 Å². The van der Waals surface area contributed by atoms with E-state index in [1.54, 1.807) is 7.11 Å². The molecule has 0 unspecified atom stereocenters. The van der Waals surface area contributed by atoms with Crippen molar-refractivity contribution in [3.63, 3.8) is 0 Å². The lowest BCUT2D eigenvalue weighted by Crippen LogP contribution is -2.48. The highest BCUT2D eigenvalue weighted by Crippen LogP contribution is 2.49. The van der Waals surface area contributed by atoms with Crippen LogP contribution < -0.4 is 5.32 Å². The lowest BCUT2D eigenvalue weighted by atomic mass is 9.59. The molecule has 3 heteroatoms. The van der Waals surface area contributed by atoms with Gasteiger partial charge in [0.15, 0.2) is 0 Å². The Bertz CT molecular complexity index is 388. The summed E-state index contributed by atoms with van der Waals surface area (Å²) in [6.07, 6.45) is 2.44. The first-order valence-corrected chi connectivity index (χ1v) is 7.00. The van der Waals surface area contributed by atoms with Gasteiger partial charge in [-0.3, -0.25) is 0 Å². The van der Waals surface area contributed by atoms with E-state index in [1.807, 2.05) is 12.1 Å². The molecule has 100 valence electrons. The van der Waals surface area contributed by atoms with Gasteiger partial charge in [0.1, 0.15) is 0 Å². The van der Waals surface area contributed by atoms with Crippen LogP contribution in [0.15, 0.2) is 24.3 Å². The molecule has 0 aliphatic heterocycles. The highest BCUT2D eigenvalue weighted by atomic mass is 35.5. The van der Waals surface area contributed by atoms with Gasteiger partial charge >= 0.3 is 0 Å². The summed E-state index contributed by atoms with van der Waals surface area (Å²) in [4.78, 5) is 0. The molecule has 1 saturated carbocycles. The molecule has 0 saturated heterocycles. The standard InChI is InChI=1S/C15H22ClNO/c1-12-9-15(10-12,11-17-7-8-18-2)13-5-3-4-6-14(13)16/h3-6,12,17H,7-11H2,1-2H3. The summed E-state index contributed by atoms with van der Waals surface area (Å²) in [6, 6.07) is 8.25. The maximum Gasteiger partial charge on any atom is 0.0587 e. The van der Waals surface area contributed by atoms with Crippen molar-refractivity contribution in [3.8, 4) is 0 Å². The van der Waals surface area contributed by atoms with E-state index in [-0.39, 0.29) is 5.41 Å². The first-order valence-electron chi connectivity index (χ1n) is 6.62. The quantitative estimate of drug-likeness (QED) is 0.799. The maximum absolute atomic E-state index is 6.36. The van der Waals surface area contributed by atoms with Gasteiger partial charge in [0.2, 0.25) is 0 Å². The van der Waals surface area contributed by atoms with E-state index >= 15 is 0 Å². The SMILES string of the molecule is COCCNCC1(c2ccccc2Cl)CC(C)C1. The molecular weight excluding hydrogens is 246 g/mol. The smallest absolute Gasteiger partial charge is 0.0587 e. The van der Waals surface area contributed by atoms with E-state index < -0.39 is 0 Å². The molecule has 2 rings (SSSR count). The van der Waals surface area contributed by atoms with Crippen LogP contribution in [0, 0.1) is 5.92 Å². The molecule has 0 amide bonds. The van der Waals surface area contributed by atoms with Gasteiger partial charge < -0.3 is 10.1 Å². The highest BCUT2D eigenvalue weighted by molar-refractivity contribution is 6.31. The Morgan fingerprint density at radius 1 is 1.39 bits per heavy atom. The average molecular weight is 268 g/mol. The van der Waals surface area contributed by atoms with E-state index in [0.717, 1.165) is 30.6 Å². The second-order valence-corrected chi connectivity index (χ2v) is 5.85. The van der Waals surface area contributed by atoms with Crippen LogP contribution in [0.4, 0.5) is 0 Å². The van der Waals surface area contributed by atoms with Crippen LogP contribution in [0.25, 0.3) is 0 Å². The molecule has 1 fully saturated rings. The number of benzene rings is 1. The molecule has 0 bridgehead atoms. The summed E-state index contributed by atoms with van der Waals surface area (Å²) in [5.41, 5.74) is 1.53. The van der Waals surface area contributed by atoms with Gasteiger partial charge in [0, 0.05) is 30.6 Å². The third-order valence-corrected chi connectivity index (χ3v) is 4.20. The molecule has 1 aromatic carbocycles. The van der Waals surface area contributed by atoms with Crippen molar-refractivity contribution in [2.24, 2.45) is 5.92 Å².